The molecule has 0 unspecified atom stereocenters. The molecule has 4 rings (SSSR count). The largest absolute Gasteiger partial charge is 0.494 e. The Hall–Kier alpha value is -2.73. The Kier molecular flexibility index (Phi) is 2.96. The SMILES string of the molecule is COc1cc2nc(C)sc2cc1N1C(=O)c2ccccc2C1=O. The van der Waals surface area contributed by atoms with Crippen LogP contribution in [0, 0.1) is 6.92 Å². The van der Waals surface area contributed by atoms with Crippen molar-refractivity contribution < 1.29 is 14.3 Å². The summed E-state index contributed by atoms with van der Waals surface area (Å²) in [6, 6.07) is 10.4. The van der Waals surface area contributed by atoms with Crippen LogP contribution in [0.5, 0.6) is 5.75 Å². The highest BCUT2D eigenvalue weighted by molar-refractivity contribution is 7.18. The zero-order valence-corrected chi connectivity index (χ0v) is 13.3. The van der Waals surface area contributed by atoms with E-state index in [0.29, 0.717) is 22.6 Å². The van der Waals surface area contributed by atoms with Gasteiger partial charge in [0.25, 0.3) is 11.8 Å². The molecule has 1 aromatic heterocycles. The first kappa shape index (κ1) is 13.9. The zero-order valence-electron chi connectivity index (χ0n) is 12.5. The lowest BCUT2D eigenvalue weighted by Gasteiger charge is -2.17. The lowest BCUT2D eigenvalue weighted by molar-refractivity contribution is 0.0925. The Morgan fingerprint density at radius 3 is 2.35 bits per heavy atom. The van der Waals surface area contributed by atoms with E-state index < -0.39 is 0 Å². The van der Waals surface area contributed by atoms with Gasteiger partial charge in [-0.3, -0.25) is 9.59 Å². The normalized spacial score (nSPS) is 13.7. The third kappa shape index (κ3) is 1.95. The second-order valence-electron chi connectivity index (χ2n) is 5.22. The molecular weight excluding hydrogens is 312 g/mol. The number of anilines is 1. The minimum atomic E-state index is -0.329. The van der Waals surface area contributed by atoms with Crippen molar-refractivity contribution in [1.82, 2.24) is 4.98 Å². The highest BCUT2D eigenvalue weighted by Gasteiger charge is 2.38. The molecule has 0 N–H and O–H groups in total. The summed E-state index contributed by atoms with van der Waals surface area (Å²) in [5.41, 5.74) is 2.08. The molecule has 0 saturated carbocycles. The van der Waals surface area contributed by atoms with Gasteiger partial charge < -0.3 is 4.74 Å². The van der Waals surface area contributed by atoms with Gasteiger partial charge in [-0.25, -0.2) is 9.88 Å². The summed E-state index contributed by atoms with van der Waals surface area (Å²) in [7, 11) is 1.52. The average Bonchev–Trinajstić information content (AvgIpc) is 3.03. The molecular formula is C17H12N2O3S. The number of methoxy groups -OCH3 is 1. The number of hydrogen-bond donors (Lipinski definition) is 0. The number of amides is 2. The van der Waals surface area contributed by atoms with Gasteiger partial charge in [-0.15, -0.1) is 11.3 Å². The number of carbonyl (C=O) groups excluding carboxylic acids is 2. The van der Waals surface area contributed by atoms with E-state index in [4.69, 9.17) is 4.74 Å². The minimum Gasteiger partial charge on any atom is -0.494 e. The van der Waals surface area contributed by atoms with E-state index in [-0.39, 0.29) is 11.8 Å². The second kappa shape index (κ2) is 4.89. The zero-order chi connectivity index (χ0) is 16.1. The van der Waals surface area contributed by atoms with E-state index in [9.17, 15) is 9.59 Å². The minimum absolute atomic E-state index is 0.329. The highest BCUT2D eigenvalue weighted by atomic mass is 32.1. The third-order valence-corrected chi connectivity index (χ3v) is 4.76. The second-order valence-corrected chi connectivity index (χ2v) is 6.45. The van der Waals surface area contributed by atoms with Gasteiger partial charge >= 0.3 is 0 Å². The molecule has 0 radical (unpaired) electrons. The summed E-state index contributed by atoms with van der Waals surface area (Å²) in [5.74, 6) is -0.203. The van der Waals surface area contributed by atoms with Crippen LogP contribution in [-0.4, -0.2) is 23.9 Å². The molecule has 0 aliphatic carbocycles. The number of ether oxygens (including phenoxy) is 1. The monoisotopic (exact) mass is 324 g/mol. The average molecular weight is 324 g/mol. The Morgan fingerprint density at radius 2 is 1.74 bits per heavy atom. The van der Waals surface area contributed by atoms with Crippen LogP contribution in [0.1, 0.15) is 25.7 Å². The number of benzene rings is 2. The van der Waals surface area contributed by atoms with E-state index in [1.165, 1.54) is 23.3 Å². The maximum absolute atomic E-state index is 12.7. The van der Waals surface area contributed by atoms with Crippen molar-refractivity contribution in [2.45, 2.75) is 6.92 Å². The first-order chi connectivity index (χ1) is 11.1. The fourth-order valence-electron chi connectivity index (χ4n) is 2.81. The van der Waals surface area contributed by atoms with Crippen LogP contribution in [-0.2, 0) is 0 Å². The number of aromatic nitrogens is 1. The van der Waals surface area contributed by atoms with E-state index in [0.717, 1.165) is 15.2 Å². The molecule has 2 amide bonds. The number of aryl methyl sites for hydroxylation is 1. The van der Waals surface area contributed by atoms with E-state index in [1.807, 2.05) is 6.92 Å². The Bertz CT molecular complexity index is 942. The number of rotatable bonds is 2. The Labute approximate surface area is 136 Å². The van der Waals surface area contributed by atoms with Gasteiger partial charge in [0.15, 0.2) is 0 Å². The Morgan fingerprint density at radius 1 is 1.09 bits per heavy atom. The molecule has 0 spiro atoms. The van der Waals surface area contributed by atoms with Crippen molar-refractivity contribution in [3.8, 4) is 5.75 Å². The summed E-state index contributed by atoms with van der Waals surface area (Å²) >= 11 is 1.51. The van der Waals surface area contributed by atoms with Gasteiger partial charge in [-0.2, -0.15) is 0 Å². The van der Waals surface area contributed by atoms with Crippen molar-refractivity contribution in [1.29, 1.82) is 0 Å². The van der Waals surface area contributed by atoms with Crippen molar-refractivity contribution in [2.75, 3.05) is 12.0 Å². The molecule has 1 aliphatic rings. The summed E-state index contributed by atoms with van der Waals surface area (Å²) < 4.78 is 6.30. The lowest BCUT2D eigenvalue weighted by atomic mass is 10.1. The number of carbonyl (C=O) groups is 2. The van der Waals surface area contributed by atoms with Gasteiger partial charge in [0.1, 0.15) is 5.75 Å². The molecule has 5 nitrogen and oxygen atoms in total. The molecule has 23 heavy (non-hydrogen) atoms. The molecule has 0 atom stereocenters. The first-order valence-electron chi connectivity index (χ1n) is 7.03. The van der Waals surface area contributed by atoms with Crippen LogP contribution in [0.3, 0.4) is 0 Å². The van der Waals surface area contributed by atoms with Gasteiger partial charge in [0, 0.05) is 6.07 Å². The maximum atomic E-state index is 12.7. The smallest absolute Gasteiger partial charge is 0.266 e. The fraction of sp³-hybridized carbons (Fsp3) is 0.118. The summed E-state index contributed by atoms with van der Waals surface area (Å²) in [4.78, 5) is 30.9. The summed E-state index contributed by atoms with van der Waals surface area (Å²) in [6.45, 7) is 1.92. The van der Waals surface area contributed by atoms with Crippen molar-refractivity contribution in [3.05, 3.63) is 52.5 Å². The van der Waals surface area contributed by atoms with Crippen LogP contribution < -0.4 is 9.64 Å². The molecule has 6 heteroatoms. The van der Waals surface area contributed by atoms with E-state index in [1.54, 1.807) is 36.4 Å². The van der Waals surface area contributed by atoms with E-state index in [2.05, 4.69) is 4.98 Å². The number of thiazole rings is 1. The molecule has 0 bridgehead atoms. The highest BCUT2D eigenvalue weighted by Crippen LogP contribution is 2.39. The van der Waals surface area contributed by atoms with Crippen molar-refractivity contribution >= 4 is 39.1 Å². The van der Waals surface area contributed by atoms with Gasteiger partial charge in [0.2, 0.25) is 0 Å². The molecule has 2 aromatic carbocycles. The van der Waals surface area contributed by atoms with Crippen LogP contribution in [0.2, 0.25) is 0 Å². The fourth-order valence-corrected chi connectivity index (χ4v) is 3.65. The third-order valence-electron chi connectivity index (χ3n) is 3.83. The predicted molar refractivity (Wildman–Crippen MR) is 88.5 cm³/mol. The summed E-state index contributed by atoms with van der Waals surface area (Å²) in [5, 5.41) is 0.918. The van der Waals surface area contributed by atoms with Crippen LogP contribution in [0.25, 0.3) is 10.2 Å². The van der Waals surface area contributed by atoms with Gasteiger partial charge in [0.05, 0.1) is 39.1 Å². The molecule has 2 heterocycles. The molecule has 114 valence electrons. The number of imide groups is 1. The van der Waals surface area contributed by atoms with Crippen LogP contribution in [0.4, 0.5) is 5.69 Å². The molecule has 0 saturated heterocycles. The molecule has 3 aromatic rings. The first-order valence-corrected chi connectivity index (χ1v) is 7.85. The number of fused-ring (bicyclic) bond motifs is 2. The molecule has 1 aliphatic heterocycles. The van der Waals surface area contributed by atoms with E-state index >= 15 is 0 Å². The standard InChI is InChI=1S/C17H12N2O3S/c1-9-18-12-7-14(22-2)13(8-15(12)23-9)19-16(20)10-5-3-4-6-11(10)17(19)21/h3-8H,1-2H3. The predicted octanol–water partition coefficient (Wildman–Crippen LogP) is 3.41. The molecule has 0 fully saturated rings. The maximum Gasteiger partial charge on any atom is 0.266 e. The van der Waals surface area contributed by atoms with Gasteiger partial charge in [-0.05, 0) is 25.1 Å². The Balaban J connectivity index is 1.92. The van der Waals surface area contributed by atoms with Crippen molar-refractivity contribution in [2.24, 2.45) is 0 Å². The quantitative estimate of drug-likeness (QED) is 0.678. The number of nitrogens with zero attached hydrogens (tertiary/aromatic N) is 2. The van der Waals surface area contributed by atoms with Gasteiger partial charge in [-0.1, -0.05) is 12.1 Å². The number of hydrogen-bond acceptors (Lipinski definition) is 5. The summed E-state index contributed by atoms with van der Waals surface area (Å²) in [6.07, 6.45) is 0. The topological polar surface area (TPSA) is 59.5 Å². The lowest BCUT2D eigenvalue weighted by Crippen LogP contribution is -2.29. The van der Waals surface area contributed by atoms with Crippen molar-refractivity contribution in [3.63, 3.8) is 0 Å². The van der Waals surface area contributed by atoms with Crippen LogP contribution in [0.15, 0.2) is 36.4 Å². The van der Waals surface area contributed by atoms with Crippen LogP contribution >= 0.6 is 11.3 Å².